The summed E-state index contributed by atoms with van der Waals surface area (Å²) in [6.07, 6.45) is 0.343. The molecule has 0 aromatic heterocycles. The Bertz CT molecular complexity index is 480. The number of hydrogen-bond acceptors (Lipinski definition) is 6. The van der Waals surface area contributed by atoms with E-state index in [4.69, 9.17) is 9.47 Å². The summed E-state index contributed by atoms with van der Waals surface area (Å²) in [4.78, 5) is 33.3. The van der Waals surface area contributed by atoms with Crippen molar-refractivity contribution >= 4 is 18.2 Å². The second kappa shape index (κ2) is 7.15. The minimum atomic E-state index is -0.641. The molecule has 0 saturated heterocycles. The van der Waals surface area contributed by atoms with Gasteiger partial charge in [0.1, 0.15) is 0 Å². The van der Waals surface area contributed by atoms with Crippen LogP contribution in [0, 0.1) is 0 Å². The topological polar surface area (TPSA) is 78.9 Å². The highest BCUT2D eigenvalue weighted by atomic mass is 16.6. The summed E-state index contributed by atoms with van der Waals surface area (Å²) in [5, 5.41) is 0. The maximum Gasteiger partial charge on any atom is 0.311 e. The van der Waals surface area contributed by atoms with Crippen molar-refractivity contribution in [2.24, 2.45) is 0 Å². The molecule has 0 radical (unpaired) electrons. The molecule has 1 aromatic carbocycles. The summed E-state index contributed by atoms with van der Waals surface area (Å²) in [5.41, 5.74) is 0.200. The molecule has 0 aliphatic heterocycles. The van der Waals surface area contributed by atoms with Gasteiger partial charge in [0.25, 0.3) is 0 Å². The van der Waals surface area contributed by atoms with Crippen LogP contribution in [0.25, 0.3) is 0 Å². The van der Waals surface area contributed by atoms with Crippen molar-refractivity contribution in [1.82, 2.24) is 0 Å². The number of aldehydes is 1. The van der Waals surface area contributed by atoms with E-state index in [1.165, 1.54) is 20.3 Å². The summed E-state index contributed by atoms with van der Waals surface area (Å²) in [7, 11) is 2.63. The lowest BCUT2D eigenvalue weighted by molar-refractivity contribution is -0.144. The fraction of sp³-hybridized carbons (Fsp3) is 0.308. The van der Waals surface area contributed by atoms with Gasteiger partial charge in [-0.05, 0) is 12.1 Å². The van der Waals surface area contributed by atoms with Crippen LogP contribution in [-0.2, 0) is 14.3 Å². The van der Waals surface area contributed by atoms with Crippen molar-refractivity contribution < 1.29 is 28.6 Å². The molecule has 0 amide bonds. The van der Waals surface area contributed by atoms with E-state index < -0.39 is 11.9 Å². The summed E-state index contributed by atoms with van der Waals surface area (Å²) >= 11 is 0. The molecule has 0 unspecified atom stereocenters. The van der Waals surface area contributed by atoms with Crippen LogP contribution < -0.4 is 9.47 Å². The average Bonchev–Trinajstić information content (AvgIpc) is 2.44. The summed E-state index contributed by atoms with van der Waals surface area (Å²) in [6, 6.07) is 4.67. The Kier molecular flexibility index (Phi) is 5.53. The van der Waals surface area contributed by atoms with Gasteiger partial charge in [-0.25, -0.2) is 0 Å². The maximum atomic E-state index is 11.6. The number of esters is 2. The highest BCUT2D eigenvalue weighted by Crippen LogP contribution is 2.30. The molecule has 102 valence electrons. The van der Waals surface area contributed by atoms with E-state index >= 15 is 0 Å². The first kappa shape index (κ1) is 14.7. The normalized spacial score (nSPS) is 9.58. The van der Waals surface area contributed by atoms with Crippen LogP contribution in [0.5, 0.6) is 11.5 Å². The van der Waals surface area contributed by atoms with E-state index in [1.54, 1.807) is 12.1 Å². The van der Waals surface area contributed by atoms with Gasteiger partial charge in [0.2, 0.25) is 0 Å². The van der Waals surface area contributed by atoms with Crippen LogP contribution in [0.4, 0.5) is 0 Å². The lowest BCUT2D eigenvalue weighted by Gasteiger charge is -2.10. The Morgan fingerprint density at radius 1 is 1.16 bits per heavy atom. The predicted octanol–water partition coefficient (Wildman–Crippen LogP) is 1.37. The maximum absolute atomic E-state index is 11.6. The molecule has 0 spiro atoms. The Morgan fingerprint density at radius 3 is 2.42 bits per heavy atom. The fourth-order valence-electron chi connectivity index (χ4n) is 1.37. The number of rotatable bonds is 6. The van der Waals surface area contributed by atoms with Crippen LogP contribution in [-0.4, -0.2) is 32.4 Å². The van der Waals surface area contributed by atoms with Crippen LogP contribution in [0.1, 0.15) is 23.2 Å². The Labute approximate surface area is 110 Å². The van der Waals surface area contributed by atoms with Crippen molar-refractivity contribution in [3.8, 4) is 11.5 Å². The largest absolute Gasteiger partial charge is 0.493 e. The number of carbonyl (C=O) groups is 3. The first-order chi connectivity index (χ1) is 9.12. The SMILES string of the molecule is COC(=O)CCC(=O)Oc1c(C=O)cccc1OC. The zero-order chi connectivity index (χ0) is 14.3. The predicted molar refractivity (Wildman–Crippen MR) is 65.3 cm³/mol. The number of methoxy groups -OCH3 is 2. The van der Waals surface area contributed by atoms with Gasteiger partial charge in [-0.2, -0.15) is 0 Å². The molecule has 19 heavy (non-hydrogen) atoms. The molecule has 6 heteroatoms. The fourth-order valence-corrected chi connectivity index (χ4v) is 1.37. The molecule has 1 aromatic rings. The molecule has 6 nitrogen and oxygen atoms in total. The average molecular weight is 266 g/mol. The Morgan fingerprint density at radius 2 is 1.84 bits per heavy atom. The van der Waals surface area contributed by atoms with E-state index in [2.05, 4.69) is 4.74 Å². The van der Waals surface area contributed by atoms with Gasteiger partial charge in [-0.3, -0.25) is 14.4 Å². The second-order valence-corrected chi connectivity index (χ2v) is 3.55. The van der Waals surface area contributed by atoms with Gasteiger partial charge in [-0.1, -0.05) is 6.07 Å². The van der Waals surface area contributed by atoms with Crippen molar-refractivity contribution in [3.05, 3.63) is 23.8 Å². The van der Waals surface area contributed by atoms with Crippen LogP contribution in [0.3, 0.4) is 0 Å². The number of benzene rings is 1. The quantitative estimate of drug-likeness (QED) is 0.439. The van der Waals surface area contributed by atoms with E-state index in [9.17, 15) is 14.4 Å². The van der Waals surface area contributed by atoms with E-state index in [0.717, 1.165) is 0 Å². The Balaban J connectivity index is 2.78. The third-order valence-corrected chi connectivity index (χ3v) is 2.33. The zero-order valence-corrected chi connectivity index (χ0v) is 10.7. The second-order valence-electron chi connectivity index (χ2n) is 3.55. The molecule has 0 N–H and O–H groups in total. The van der Waals surface area contributed by atoms with Gasteiger partial charge in [0.05, 0.1) is 32.6 Å². The molecule has 0 heterocycles. The number of carbonyl (C=O) groups excluding carboxylic acids is 3. The van der Waals surface area contributed by atoms with E-state index in [0.29, 0.717) is 6.29 Å². The first-order valence-corrected chi connectivity index (χ1v) is 5.52. The monoisotopic (exact) mass is 266 g/mol. The van der Waals surface area contributed by atoms with Gasteiger partial charge in [-0.15, -0.1) is 0 Å². The van der Waals surface area contributed by atoms with Crippen LogP contribution in [0.2, 0.25) is 0 Å². The third-order valence-electron chi connectivity index (χ3n) is 2.33. The van der Waals surface area contributed by atoms with Crippen molar-refractivity contribution in [3.63, 3.8) is 0 Å². The minimum absolute atomic E-state index is 0.0508. The molecule has 1 rings (SSSR count). The molecule has 0 aliphatic carbocycles. The summed E-state index contributed by atoms with van der Waals surface area (Å²) < 4.78 is 14.5. The van der Waals surface area contributed by atoms with Crippen LogP contribution in [0.15, 0.2) is 18.2 Å². The molecule has 0 aliphatic rings. The van der Waals surface area contributed by atoms with Gasteiger partial charge in [0.15, 0.2) is 17.8 Å². The minimum Gasteiger partial charge on any atom is -0.493 e. The van der Waals surface area contributed by atoms with Crippen molar-refractivity contribution in [2.45, 2.75) is 12.8 Å². The molecule has 0 saturated carbocycles. The van der Waals surface area contributed by atoms with E-state index in [1.807, 2.05) is 0 Å². The summed E-state index contributed by atoms with van der Waals surface area (Å²) in [6.45, 7) is 0. The zero-order valence-electron chi connectivity index (χ0n) is 10.7. The molecular formula is C13H14O6. The summed E-state index contributed by atoms with van der Waals surface area (Å²) in [5.74, 6) is -0.823. The lowest BCUT2D eigenvalue weighted by atomic mass is 10.2. The molecule has 0 bridgehead atoms. The van der Waals surface area contributed by atoms with Crippen molar-refractivity contribution in [1.29, 1.82) is 0 Å². The highest BCUT2D eigenvalue weighted by molar-refractivity contribution is 5.85. The molecule has 0 atom stereocenters. The number of ether oxygens (including phenoxy) is 3. The standard InChI is InChI=1S/C13H14O6/c1-17-10-5-3-4-9(8-14)13(10)19-12(16)7-6-11(15)18-2/h3-5,8H,6-7H2,1-2H3. The van der Waals surface area contributed by atoms with Crippen LogP contribution >= 0.6 is 0 Å². The van der Waals surface area contributed by atoms with E-state index in [-0.39, 0.29) is 29.9 Å². The number of hydrogen-bond donors (Lipinski definition) is 0. The molecular weight excluding hydrogens is 252 g/mol. The lowest BCUT2D eigenvalue weighted by Crippen LogP contribution is -2.12. The van der Waals surface area contributed by atoms with Gasteiger partial charge in [0, 0.05) is 0 Å². The third kappa shape index (κ3) is 4.09. The van der Waals surface area contributed by atoms with Crippen molar-refractivity contribution in [2.75, 3.05) is 14.2 Å². The molecule has 0 fully saturated rings. The number of para-hydroxylation sites is 1. The smallest absolute Gasteiger partial charge is 0.311 e. The highest BCUT2D eigenvalue weighted by Gasteiger charge is 2.15. The Hall–Kier alpha value is -2.37. The first-order valence-electron chi connectivity index (χ1n) is 5.52. The van der Waals surface area contributed by atoms with Gasteiger partial charge >= 0.3 is 11.9 Å². The van der Waals surface area contributed by atoms with Gasteiger partial charge < -0.3 is 14.2 Å².